The Morgan fingerprint density at radius 1 is 1.20 bits per heavy atom. The average molecular weight is 207 g/mol. The summed E-state index contributed by atoms with van der Waals surface area (Å²) in [5, 5.41) is 0. The largest absolute Gasteiger partial charge is 0.299 e. The summed E-state index contributed by atoms with van der Waals surface area (Å²) in [6.07, 6.45) is 7.49. The highest BCUT2D eigenvalue weighted by Gasteiger charge is 2.30. The first-order valence-electron chi connectivity index (χ1n) is 6.12. The third kappa shape index (κ3) is 2.90. The number of rotatable bonds is 1. The van der Waals surface area contributed by atoms with Crippen molar-refractivity contribution in [1.82, 2.24) is 0 Å². The molecule has 2 rings (SSSR count). The van der Waals surface area contributed by atoms with E-state index in [9.17, 15) is 4.79 Å². The minimum Gasteiger partial charge on any atom is -0.299 e. The predicted octanol–water partition coefficient (Wildman–Crippen LogP) is 3.15. The highest BCUT2D eigenvalue weighted by Crippen LogP contribution is 2.33. The summed E-state index contributed by atoms with van der Waals surface area (Å²) >= 11 is 0. The molecule has 0 aromatic carbocycles. The molecule has 15 heavy (non-hydrogen) atoms. The molecule has 0 aromatic heterocycles. The first kappa shape index (κ1) is 10.8. The highest BCUT2D eigenvalue weighted by atomic mass is 16.1. The van der Waals surface area contributed by atoms with Crippen LogP contribution >= 0.6 is 0 Å². The summed E-state index contributed by atoms with van der Waals surface area (Å²) in [5.41, 5.74) is 1.32. The van der Waals surface area contributed by atoms with E-state index in [1.54, 1.807) is 0 Å². The molecule has 2 heteroatoms. The summed E-state index contributed by atoms with van der Waals surface area (Å²) in [6, 6.07) is 0.529. The molecule has 2 nitrogen and oxygen atoms in total. The Kier molecular flexibility index (Phi) is 2.94. The van der Waals surface area contributed by atoms with E-state index in [1.807, 2.05) is 0 Å². The second-order valence-electron chi connectivity index (χ2n) is 5.87. The predicted molar refractivity (Wildman–Crippen MR) is 62.3 cm³/mol. The molecular weight excluding hydrogens is 186 g/mol. The zero-order valence-corrected chi connectivity index (χ0v) is 9.88. The number of aliphatic imine (C=N–C) groups is 1. The third-order valence-corrected chi connectivity index (χ3v) is 3.45. The number of carbonyl (C=O) groups is 1. The van der Waals surface area contributed by atoms with Gasteiger partial charge in [-0.15, -0.1) is 0 Å². The summed E-state index contributed by atoms with van der Waals surface area (Å²) in [7, 11) is 0. The van der Waals surface area contributed by atoms with Crippen LogP contribution in [0.2, 0.25) is 0 Å². The Morgan fingerprint density at radius 3 is 2.47 bits per heavy atom. The Balaban J connectivity index is 2.04. The second-order valence-corrected chi connectivity index (χ2v) is 5.87. The Morgan fingerprint density at radius 2 is 1.87 bits per heavy atom. The van der Waals surface area contributed by atoms with E-state index in [4.69, 9.17) is 4.99 Å². The van der Waals surface area contributed by atoms with E-state index in [2.05, 4.69) is 13.8 Å². The van der Waals surface area contributed by atoms with Crippen LogP contribution in [0.1, 0.15) is 58.8 Å². The monoisotopic (exact) mass is 207 g/mol. The zero-order chi connectivity index (χ0) is 10.9. The van der Waals surface area contributed by atoms with Crippen molar-refractivity contribution in [2.45, 2.75) is 64.8 Å². The van der Waals surface area contributed by atoms with Crippen molar-refractivity contribution in [1.29, 1.82) is 0 Å². The van der Waals surface area contributed by atoms with E-state index in [-0.39, 0.29) is 5.41 Å². The van der Waals surface area contributed by atoms with Crippen molar-refractivity contribution in [3.05, 3.63) is 0 Å². The Labute approximate surface area is 92.2 Å². The van der Waals surface area contributed by atoms with Crippen molar-refractivity contribution in [2.75, 3.05) is 0 Å². The lowest BCUT2D eigenvalue weighted by molar-refractivity contribution is -0.120. The summed E-state index contributed by atoms with van der Waals surface area (Å²) in [4.78, 5) is 16.4. The average Bonchev–Trinajstić information content (AvgIpc) is 2.52. The molecular formula is C13H21NO. The number of Topliss-reactive ketones (excluding diaryl/α,β-unsaturated/α-hetero) is 1. The van der Waals surface area contributed by atoms with Crippen LogP contribution in [0.4, 0.5) is 0 Å². The first-order valence-corrected chi connectivity index (χ1v) is 6.12. The topological polar surface area (TPSA) is 29.4 Å². The van der Waals surface area contributed by atoms with Gasteiger partial charge in [0.05, 0.1) is 0 Å². The molecule has 0 aliphatic heterocycles. The van der Waals surface area contributed by atoms with Gasteiger partial charge >= 0.3 is 0 Å². The van der Waals surface area contributed by atoms with Gasteiger partial charge in [-0.25, -0.2) is 0 Å². The van der Waals surface area contributed by atoms with Gasteiger partial charge in [-0.1, -0.05) is 26.7 Å². The molecule has 0 spiro atoms. The first-order chi connectivity index (χ1) is 7.05. The highest BCUT2D eigenvalue weighted by molar-refractivity contribution is 6.04. The molecule has 0 amide bonds. The minimum absolute atomic E-state index is 0.146. The number of nitrogens with zero attached hydrogens (tertiary/aromatic N) is 1. The van der Waals surface area contributed by atoms with Crippen LogP contribution in [-0.4, -0.2) is 17.5 Å². The molecule has 84 valence electrons. The molecule has 2 saturated carbocycles. The van der Waals surface area contributed by atoms with Crippen LogP contribution in [0.15, 0.2) is 4.99 Å². The lowest BCUT2D eigenvalue weighted by atomic mass is 9.76. The quantitative estimate of drug-likeness (QED) is 0.649. The molecule has 2 aliphatic rings. The maximum Gasteiger partial charge on any atom is 0.139 e. The van der Waals surface area contributed by atoms with Crippen LogP contribution in [-0.2, 0) is 4.79 Å². The van der Waals surface area contributed by atoms with E-state index in [0.717, 1.165) is 12.8 Å². The molecule has 2 aliphatic carbocycles. The standard InChI is InChI=1S/C13H21NO/c1-13(2)8-11(7-12(15)9-13)14-10-5-3-4-6-10/h10H,3-9H2,1-2H3. The zero-order valence-electron chi connectivity index (χ0n) is 9.88. The molecule has 0 radical (unpaired) electrons. The summed E-state index contributed by atoms with van der Waals surface area (Å²) in [5.74, 6) is 0.378. The number of hydrogen-bond donors (Lipinski definition) is 0. The van der Waals surface area contributed by atoms with Crippen molar-refractivity contribution < 1.29 is 4.79 Å². The molecule has 0 saturated heterocycles. The fraction of sp³-hybridized carbons (Fsp3) is 0.846. The minimum atomic E-state index is 0.146. The van der Waals surface area contributed by atoms with Gasteiger partial charge in [0.25, 0.3) is 0 Å². The van der Waals surface area contributed by atoms with E-state index >= 15 is 0 Å². The Bertz CT molecular complexity index is 285. The molecule has 0 heterocycles. The van der Waals surface area contributed by atoms with Crippen LogP contribution < -0.4 is 0 Å². The van der Waals surface area contributed by atoms with Gasteiger partial charge in [-0.3, -0.25) is 9.79 Å². The van der Waals surface area contributed by atoms with Gasteiger partial charge < -0.3 is 0 Å². The number of carbonyl (C=O) groups excluding carboxylic acids is 1. The second kappa shape index (κ2) is 4.07. The molecule has 0 bridgehead atoms. The van der Waals surface area contributed by atoms with E-state index in [0.29, 0.717) is 18.2 Å². The Hall–Kier alpha value is -0.660. The van der Waals surface area contributed by atoms with Crippen LogP contribution in [0.5, 0.6) is 0 Å². The fourth-order valence-electron chi connectivity index (χ4n) is 2.88. The molecule has 0 aromatic rings. The normalized spacial score (nSPS) is 30.0. The van der Waals surface area contributed by atoms with Gasteiger partial charge in [0.2, 0.25) is 0 Å². The van der Waals surface area contributed by atoms with Crippen molar-refractivity contribution >= 4 is 11.5 Å². The van der Waals surface area contributed by atoms with E-state index in [1.165, 1.54) is 31.4 Å². The lowest BCUT2D eigenvalue weighted by Crippen LogP contribution is -2.29. The summed E-state index contributed by atoms with van der Waals surface area (Å²) < 4.78 is 0. The summed E-state index contributed by atoms with van der Waals surface area (Å²) in [6.45, 7) is 4.35. The molecule has 0 atom stereocenters. The number of hydrogen-bond acceptors (Lipinski definition) is 2. The number of ketones is 1. The van der Waals surface area contributed by atoms with Gasteiger partial charge in [0.15, 0.2) is 0 Å². The van der Waals surface area contributed by atoms with Crippen LogP contribution in [0.25, 0.3) is 0 Å². The molecule has 0 N–H and O–H groups in total. The maximum atomic E-state index is 11.6. The van der Waals surface area contributed by atoms with E-state index < -0.39 is 0 Å². The lowest BCUT2D eigenvalue weighted by Gasteiger charge is -2.29. The fourth-order valence-corrected chi connectivity index (χ4v) is 2.88. The molecule has 2 fully saturated rings. The van der Waals surface area contributed by atoms with Crippen LogP contribution in [0.3, 0.4) is 0 Å². The maximum absolute atomic E-state index is 11.6. The van der Waals surface area contributed by atoms with Crippen LogP contribution in [0, 0.1) is 5.41 Å². The SMILES string of the molecule is CC1(C)CC(=O)CC(=NC2CCCC2)C1. The van der Waals surface area contributed by atoms with Crippen molar-refractivity contribution in [3.63, 3.8) is 0 Å². The van der Waals surface area contributed by atoms with Gasteiger partial charge in [0, 0.05) is 24.6 Å². The third-order valence-electron chi connectivity index (χ3n) is 3.45. The van der Waals surface area contributed by atoms with Crippen molar-refractivity contribution in [2.24, 2.45) is 10.4 Å². The van der Waals surface area contributed by atoms with Gasteiger partial charge in [0.1, 0.15) is 5.78 Å². The smallest absolute Gasteiger partial charge is 0.139 e. The molecule has 0 unspecified atom stereocenters. The van der Waals surface area contributed by atoms with Gasteiger partial charge in [-0.2, -0.15) is 0 Å². The van der Waals surface area contributed by atoms with Crippen molar-refractivity contribution in [3.8, 4) is 0 Å². The van der Waals surface area contributed by atoms with Gasteiger partial charge in [-0.05, 0) is 24.7 Å².